The largest absolute Gasteiger partial charge is 0.497 e. The number of thiazole rings is 1. The van der Waals surface area contributed by atoms with Crippen molar-refractivity contribution in [2.24, 2.45) is 5.92 Å². The van der Waals surface area contributed by atoms with Gasteiger partial charge in [-0.05, 0) is 37.8 Å². The number of ether oxygens (including phenoxy) is 2. The number of fused-ring (bicyclic) bond motifs is 3. The molecule has 11 nitrogen and oxygen atoms in total. The predicted octanol–water partition coefficient (Wildman–Crippen LogP) is 6.97. The van der Waals surface area contributed by atoms with Gasteiger partial charge in [-0.3, -0.25) is 9.59 Å². The number of aromatic nitrogens is 2. The van der Waals surface area contributed by atoms with Gasteiger partial charge in [-0.15, -0.1) is 11.3 Å². The first kappa shape index (κ1) is 36.4. The Morgan fingerprint density at radius 1 is 1.08 bits per heavy atom. The number of methoxy groups -OCH3 is 1. The average molecular weight is 738 g/mol. The van der Waals surface area contributed by atoms with E-state index in [9.17, 15) is 19.5 Å². The number of rotatable bonds is 7. The maximum absolute atomic E-state index is 14.7. The van der Waals surface area contributed by atoms with Crippen molar-refractivity contribution in [1.29, 1.82) is 0 Å². The van der Waals surface area contributed by atoms with Crippen molar-refractivity contribution in [1.82, 2.24) is 20.2 Å². The molecule has 3 aliphatic rings. The number of carbonyl (C=O) groups excluding carboxylic acids is 2. The molecule has 3 N–H and O–H groups in total. The molecule has 0 spiro atoms. The van der Waals surface area contributed by atoms with Crippen LogP contribution in [0.3, 0.4) is 0 Å². The number of aliphatic carboxylic acids is 1. The number of benzene rings is 2. The second-order valence-corrected chi connectivity index (χ2v) is 16.2. The fraction of sp³-hybridized carbons (Fsp3) is 0.439. The van der Waals surface area contributed by atoms with E-state index in [2.05, 4.69) is 31.4 Å². The Bertz CT molecular complexity index is 2030. The number of nitrogens with zero attached hydrogens (tertiary/aromatic N) is 3. The molecule has 2 aliphatic heterocycles. The minimum atomic E-state index is -1.39. The van der Waals surface area contributed by atoms with Crippen LogP contribution in [0.15, 0.2) is 72.1 Å². The first-order chi connectivity index (χ1) is 25.4. The fourth-order valence-corrected chi connectivity index (χ4v) is 8.31. The van der Waals surface area contributed by atoms with Crippen molar-refractivity contribution < 1.29 is 29.0 Å². The number of carbonyl (C=O) groups is 3. The maximum atomic E-state index is 14.7. The maximum Gasteiger partial charge on any atom is 0.330 e. The lowest BCUT2D eigenvalue weighted by Crippen LogP contribution is -2.55. The molecule has 0 bridgehead atoms. The number of allylic oxidation sites excluding steroid dienone is 1. The molecule has 2 aromatic heterocycles. The van der Waals surface area contributed by atoms with E-state index in [4.69, 9.17) is 19.4 Å². The zero-order valence-electron chi connectivity index (χ0n) is 30.6. The molecule has 53 heavy (non-hydrogen) atoms. The van der Waals surface area contributed by atoms with Gasteiger partial charge in [0.05, 0.1) is 30.6 Å². The molecular weight excluding hydrogens is 691 g/mol. The Balaban J connectivity index is 1.23. The number of amides is 2. The van der Waals surface area contributed by atoms with Gasteiger partial charge in [0.2, 0.25) is 11.8 Å². The molecule has 278 valence electrons. The monoisotopic (exact) mass is 737 g/mol. The molecule has 1 aliphatic carbocycles. The van der Waals surface area contributed by atoms with Crippen LogP contribution in [0.4, 0.5) is 5.13 Å². The number of anilines is 1. The highest BCUT2D eigenvalue weighted by Crippen LogP contribution is 2.45. The van der Waals surface area contributed by atoms with Crippen LogP contribution in [0.1, 0.15) is 71.4 Å². The number of nitrogens with one attached hydrogen (secondary N) is 2. The Morgan fingerprint density at radius 3 is 2.62 bits per heavy atom. The van der Waals surface area contributed by atoms with Crippen LogP contribution in [0.5, 0.6) is 11.5 Å². The van der Waals surface area contributed by atoms with Gasteiger partial charge >= 0.3 is 5.97 Å². The normalized spacial score (nSPS) is 25.7. The fourth-order valence-electron chi connectivity index (χ4n) is 7.32. The van der Waals surface area contributed by atoms with Crippen molar-refractivity contribution in [3.05, 3.63) is 77.8 Å². The quantitative estimate of drug-likeness (QED) is 0.171. The van der Waals surface area contributed by atoms with E-state index in [-0.39, 0.29) is 30.2 Å². The Morgan fingerprint density at radius 2 is 1.89 bits per heavy atom. The van der Waals surface area contributed by atoms with E-state index in [1.165, 1.54) is 11.3 Å². The van der Waals surface area contributed by atoms with E-state index in [0.717, 1.165) is 42.3 Å². The molecule has 0 unspecified atom stereocenters. The summed E-state index contributed by atoms with van der Waals surface area (Å²) in [5.41, 5.74) is 1.69. The van der Waals surface area contributed by atoms with Crippen molar-refractivity contribution in [2.75, 3.05) is 19.0 Å². The summed E-state index contributed by atoms with van der Waals surface area (Å²) in [6, 6.07) is 15.7. The highest BCUT2D eigenvalue weighted by molar-refractivity contribution is 7.13. The number of carboxylic acids is 1. The van der Waals surface area contributed by atoms with Gasteiger partial charge in [0.25, 0.3) is 0 Å². The van der Waals surface area contributed by atoms with E-state index in [0.29, 0.717) is 40.7 Å². The highest BCUT2D eigenvalue weighted by atomic mass is 32.1. The molecular formula is C41H47N5O6S. The number of carboxylic acid groups (broad SMARTS) is 1. The summed E-state index contributed by atoms with van der Waals surface area (Å²) in [5, 5.41) is 20.0. The average Bonchev–Trinajstić information content (AvgIpc) is 3.42. The van der Waals surface area contributed by atoms with Crippen LogP contribution in [0, 0.1) is 5.92 Å². The number of hydrogen-bond donors (Lipinski definition) is 3. The topological polar surface area (TPSA) is 143 Å². The first-order valence-electron chi connectivity index (χ1n) is 18.4. The summed E-state index contributed by atoms with van der Waals surface area (Å²) in [7, 11) is 1.61. The molecule has 2 fully saturated rings. The summed E-state index contributed by atoms with van der Waals surface area (Å²) in [5.74, 6) is -0.876. The second kappa shape index (κ2) is 14.8. The SMILES string of the molecule is COc1ccc2c(O[C@@H]3C[C@H]4C(=O)N[C@]5(C(=O)O)C[C@@H]5/C=C\CCCCC[C@H](Nc5nc(C(C)(C)C)cs5)C(=O)N4C3)cc(-c3ccccc3)nc2c1. The van der Waals surface area contributed by atoms with E-state index in [1.54, 1.807) is 12.0 Å². The van der Waals surface area contributed by atoms with Crippen molar-refractivity contribution in [2.45, 2.75) is 94.9 Å². The van der Waals surface area contributed by atoms with Crippen molar-refractivity contribution in [3.63, 3.8) is 0 Å². The van der Waals surface area contributed by atoms with Crippen molar-refractivity contribution >= 4 is 45.2 Å². The molecule has 1 saturated heterocycles. The van der Waals surface area contributed by atoms with Crippen LogP contribution in [-0.4, -0.2) is 75.1 Å². The lowest BCUT2D eigenvalue weighted by Gasteiger charge is -2.29. The predicted molar refractivity (Wildman–Crippen MR) is 205 cm³/mol. The molecule has 7 rings (SSSR count). The molecule has 0 radical (unpaired) electrons. The van der Waals surface area contributed by atoms with Crippen LogP contribution in [0.25, 0.3) is 22.2 Å². The summed E-state index contributed by atoms with van der Waals surface area (Å²) in [6.07, 6.45) is 7.88. The van der Waals surface area contributed by atoms with Gasteiger partial charge in [0.1, 0.15) is 35.2 Å². The van der Waals surface area contributed by atoms with E-state index >= 15 is 0 Å². The second-order valence-electron chi connectivity index (χ2n) is 15.4. The Hall–Kier alpha value is -4.97. The van der Waals surface area contributed by atoms with Crippen molar-refractivity contribution in [3.8, 4) is 22.8 Å². The number of hydrogen-bond acceptors (Lipinski definition) is 9. The molecule has 2 amide bonds. The smallest absolute Gasteiger partial charge is 0.330 e. The van der Waals surface area contributed by atoms with Gasteiger partial charge in [-0.25, -0.2) is 14.8 Å². The summed E-state index contributed by atoms with van der Waals surface area (Å²) < 4.78 is 12.2. The standard InChI is InChI=1S/C41H47N5O6S/c1-40(2,3)35-24-53-39(44-35)43-30-16-12-7-5-6-11-15-26-22-41(26,38(49)50)45-36(47)33-20-28(23-46(33)37(30)48)52-34-21-31(25-13-9-8-10-14-25)42-32-19-27(51-4)17-18-29(32)34/h8-11,13-15,17-19,21,24,26,28,30,33H,5-7,12,16,20,22-23H2,1-4H3,(H,43,44)(H,45,47)(H,49,50)/b15-11-/t26-,28+,30-,33-,41+/m0/s1. The van der Waals surface area contributed by atoms with Gasteiger partial charge in [0, 0.05) is 46.2 Å². The zero-order valence-corrected chi connectivity index (χ0v) is 31.4. The van der Waals surface area contributed by atoms with Crippen LogP contribution < -0.4 is 20.1 Å². The highest BCUT2D eigenvalue weighted by Gasteiger charge is 2.61. The van der Waals surface area contributed by atoms with Crippen LogP contribution in [0.2, 0.25) is 0 Å². The van der Waals surface area contributed by atoms with E-state index in [1.807, 2.05) is 72.1 Å². The van der Waals surface area contributed by atoms with E-state index < -0.39 is 35.6 Å². The molecule has 1 saturated carbocycles. The van der Waals surface area contributed by atoms with Gasteiger partial charge in [-0.2, -0.15) is 0 Å². The third-order valence-corrected chi connectivity index (χ3v) is 11.3. The molecule has 4 heterocycles. The van der Waals surface area contributed by atoms with Gasteiger partial charge in [-0.1, -0.05) is 76.1 Å². The van der Waals surface area contributed by atoms with Gasteiger partial charge < -0.3 is 30.1 Å². The third-order valence-electron chi connectivity index (χ3n) is 10.5. The van der Waals surface area contributed by atoms with Crippen LogP contribution >= 0.6 is 11.3 Å². The summed E-state index contributed by atoms with van der Waals surface area (Å²) in [6.45, 7) is 6.44. The summed E-state index contributed by atoms with van der Waals surface area (Å²) >= 11 is 1.46. The number of pyridine rings is 1. The first-order valence-corrected chi connectivity index (χ1v) is 19.3. The third kappa shape index (κ3) is 7.74. The minimum absolute atomic E-state index is 0.143. The minimum Gasteiger partial charge on any atom is -0.497 e. The Labute approximate surface area is 313 Å². The molecule has 12 heteroatoms. The van der Waals surface area contributed by atoms with Crippen LogP contribution in [-0.2, 0) is 19.8 Å². The Kier molecular flexibility index (Phi) is 10.2. The molecule has 2 aromatic carbocycles. The lowest BCUT2D eigenvalue weighted by molar-refractivity contribution is -0.145. The lowest BCUT2D eigenvalue weighted by atomic mass is 9.93. The molecule has 5 atom stereocenters. The van der Waals surface area contributed by atoms with Gasteiger partial charge in [0.15, 0.2) is 5.13 Å². The summed E-state index contributed by atoms with van der Waals surface area (Å²) in [4.78, 5) is 52.8. The molecule has 4 aromatic rings. The zero-order chi connectivity index (χ0) is 37.3.